The van der Waals surface area contributed by atoms with Gasteiger partial charge in [-0.15, -0.1) is 10.2 Å². The molecule has 3 rings (SSSR count). The molecule has 0 aliphatic heterocycles. The van der Waals surface area contributed by atoms with Crippen molar-refractivity contribution in [2.24, 2.45) is 5.10 Å². The topological polar surface area (TPSA) is 90.4 Å². The van der Waals surface area contributed by atoms with Crippen LogP contribution < -0.4 is 16.0 Å². The molecule has 1 fully saturated rings. The summed E-state index contributed by atoms with van der Waals surface area (Å²) >= 11 is 1.53. The zero-order valence-corrected chi connectivity index (χ0v) is 13.8. The Morgan fingerprint density at radius 1 is 1.26 bits per heavy atom. The van der Waals surface area contributed by atoms with Gasteiger partial charge in [0.2, 0.25) is 5.16 Å². The highest BCUT2D eigenvalue weighted by atomic mass is 32.2. The highest BCUT2D eigenvalue weighted by Crippen LogP contribution is 2.23. The van der Waals surface area contributed by atoms with E-state index in [1.807, 2.05) is 24.3 Å². The van der Waals surface area contributed by atoms with Gasteiger partial charge in [-0.1, -0.05) is 23.9 Å². The Hall–Kier alpha value is -2.22. The number of nitrogens with zero attached hydrogens (tertiary/aromatic N) is 4. The maximum absolute atomic E-state index is 6.02. The molecule has 0 radical (unpaired) electrons. The van der Waals surface area contributed by atoms with Crippen molar-refractivity contribution in [2.45, 2.75) is 36.6 Å². The van der Waals surface area contributed by atoms with Gasteiger partial charge in [0, 0.05) is 11.5 Å². The number of anilines is 1. The van der Waals surface area contributed by atoms with Gasteiger partial charge in [-0.3, -0.25) is 0 Å². The third-order valence-electron chi connectivity index (χ3n) is 3.69. The summed E-state index contributed by atoms with van der Waals surface area (Å²) in [5.74, 6) is 8.08. The van der Waals surface area contributed by atoms with Crippen LogP contribution in [-0.4, -0.2) is 27.7 Å². The molecule has 3 N–H and O–H groups in total. The van der Waals surface area contributed by atoms with Crippen LogP contribution in [0.4, 0.5) is 5.95 Å². The minimum Gasteiger partial charge on any atom is -0.497 e. The van der Waals surface area contributed by atoms with E-state index in [2.05, 4.69) is 20.7 Å². The molecular formula is C15H20N6OS. The van der Waals surface area contributed by atoms with E-state index in [4.69, 9.17) is 10.6 Å². The lowest BCUT2D eigenvalue weighted by Gasteiger charge is -2.04. The quantitative estimate of drug-likeness (QED) is 0.480. The molecule has 0 atom stereocenters. The average Bonchev–Trinajstić information content (AvgIpc) is 3.22. The second-order valence-electron chi connectivity index (χ2n) is 5.31. The van der Waals surface area contributed by atoms with Crippen LogP contribution in [0.5, 0.6) is 5.75 Å². The van der Waals surface area contributed by atoms with Crippen LogP contribution >= 0.6 is 11.8 Å². The van der Waals surface area contributed by atoms with Gasteiger partial charge in [0.1, 0.15) is 5.75 Å². The molecule has 1 aliphatic rings. The first-order valence-electron chi connectivity index (χ1n) is 7.54. The average molecular weight is 332 g/mol. The van der Waals surface area contributed by atoms with Crippen molar-refractivity contribution in [1.82, 2.24) is 14.9 Å². The Bertz CT molecular complexity index is 674. The molecule has 0 unspecified atom stereocenters. The third kappa shape index (κ3) is 3.95. The van der Waals surface area contributed by atoms with Crippen LogP contribution in [0.3, 0.4) is 0 Å². The van der Waals surface area contributed by atoms with E-state index in [0.717, 1.165) is 24.3 Å². The molecule has 1 aliphatic carbocycles. The lowest BCUT2D eigenvalue weighted by Crippen LogP contribution is -2.13. The summed E-state index contributed by atoms with van der Waals surface area (Å²) in [5.41, 5.74) is 5.24. The number of rotatable bonds is 6. The Labute approximate surface area is 139 Å². The fourth-order valence-corrected chi connectivity index (χ4v) is 3.16. The van der Waals surface area contributed by atoms with Crippen molar-refractivity contribution in [3.63, 3.8) is 0 Å². The Morgan fingerprint density at radius 3 is 2.70 bits per heavy atom. The molecule has 2 aromatic rings. The zero-order chi connectivity index (χ0) is 16.1. The number of hydrogen-bond donors (Lipinski definition) is 2. The second-order valence-corrected chi connectivity index (χ2v) is 6.25. The van der Waals surface area contributed by atoms with Gasteiger partial charge in [-0.2, -0.15) is 5.10 Å². The lowest BCUT2D eigenvalue weighted by molar-refractivity contribution is 0.414. The van der Waals surface area contributed by atoms with Gasteiger partial charge >= 0.3 is 0 Å². The first-order chi connectivity index (χ1) is 11.3. The summed E-state index contributed by atoms with van der Waals surface area (Å²) in [6.45, 7) is 0. The standard InChI is InChI=1S/C15H20N6OS/c1-22-13-8-6-11(7-9-13)10-23-15-20-19-14(21(15)16)18-17-12-4-2-3-5-12/h6-9H,2-5,10,16H2,1H3,(H,18,19). The minimum atomic E-state index is 0.460. The van der Waals surface area contributed by atoms with Gasteiger partial charge in [0.15, 0.2) is 0 Å². The van der Waals surface area contributed by atoms with Crippen molar-refractivity contribution in [2.75, 3.05) is 18.4 Å². The van der Waals surface area contributed by atoms with Crippen LogP contribution in [0.2, 0.25) is 0 Å². The summed E-state index contributed by atoms with van der Waals surface area (Å²) < 4.78 is 6.59. The first-order valence-corrected chi connectivity index (χ1v) is 8.52. The molecule has 1 saturated carbocycles. The zero-order valence-electron chi connectivity index (χ0n) is 13.0. The molecule has 0 spiro atoms. The van der Waals surface area contributed by atoms with Crippen molar-refractivity contribution in [1.29, 1.82) is 0 Å². The maximum atomic E-state index is 6.02. The van der Waals surface area contributed by atoms with Crippen molar-refractivity contribution < 1.29 is 4.74 Å². The molecule has 23 heavy (non-hydrogen) atoms. The maximum Gasteiger partial charge on any atom is 0.264 e. The van der Waals surface area contributed by atoms with E-state index >= 15 is 0 Å². The van der Waals surface area contributed by atoms with Crippen LogP contribution in [0.25, 0.3) is 0 Å². The summed E-state index contributed by atoms with van der Waals surface area (Å²) in [6.07, 6.45) is 4.51. The summed E-state index contributed by atoms with van der Waals surface area (Å²) in [6, 6.07) is 7.92. The van der Waals surface area contributed by atoms with E-state index in [1.165, 1.54) is 40.6 Å². The summed E-state index contributed by atoms with van der Waals surface area (Å²) in [4.78, 5) is 0. The van der Waals surface area contributed by atoms with E-state index in [0.29, 0.717) is 11.1 Å². The SMILES string of the molecule is COc1ccc(CSc2nnc(NN=C3CCCC3)n2N)cc1. The number of ether oxygens (including phenoxy) is 1. The fourth-order valence-electron chi connectivity index (χ4n) is 2.35. The van der Waals surface area contributed by atoms with E-state index in [-0.39, 0.29) is 0 Å². The highest BCUT2D eigenvalue weighted by molar-refractivity contribution is 7.98. The molecule has 1 aromatic heterocycles. The number of aromatic nitrogens is 3. The van der Waals surface area contributed by atoms with Crippen molar-refractivity contribution in [3.8, 4) is 5.75 Å². The number of hydrazone groups is 1. The molecule has 1 aromatic carbocycles. The van der Waals surface area contributed by atoms with Crippen LogP contribution in [0, 0.1) is 0 Å². The molecule has 8 heteroatoms. The predicted molar refractivity (Wildman–Crippen MR) is 92.3 cm³/mol. The lowest BCUT2D eigenvalue weighted by atomic mass is 10.2. The molecule has 0 amide bonds. The monoisotopic (exact) mass is 332 g/mol. The van der Waals surface area contributed by atoms with E-state index < -0.39 is 0 Å². The number of nitrogen functional groups attached to an aromatic ring is 1. The predicted octanol–water partition coefficient (Wildman–Crippen LogP) is 2.63. The van der Waals surface area contributed by atoms with Gasteiger partial charge in [-0.05, 0) is 43.4 Å². The summed E-state index contributed by atoms with van der Waals surface area (Å²) in [5, 5.41) is 13.1. The fraction of sp³-hybridized carbons (Fsp3) is 0.400. The van der Waals surface area contributed by atoms with Crippen molar-refractivity contribution in [3.05, 3.63) is 29.8 Å². The molecule has 7 nitrogen and oxygen atoms in total. The Kier molecular flexibility index (Phi) is 5.02. The van der Waals surface area contributed by atoms with Gasteiger partial charge in [0.25, 0.3) is 5.95 Å². The smallest absolute Gasteiger partial charge is 0.264 e. The van der Waals surface area contributed by atoms with Gasteiger partial charge in [-0.25, -0.2) is 10.1 Å². The third-order valence-corrected chi connectivity index (χ3v) is 4.70. The molecule has 1 heterocycles. The number of hydrogen-bond acceptors (Lipinski definition) is 7. The molecule has 0 saturated heterocycles. The van der Waals surface area contributed by atoms with E-state index in [9.17, 15) is 0 Å². The summed E-state index contributed by atoms with van der Waals surface area (Å²) in [7, 11) is 1.66. The molecule has 0 bridgehead atoms. The number of nitrogens with one attached hydrogen (secondary N) is 1. The molecule has 122 valence electrons. The largest absolute Gasteiger partial charge is 0.497 e. The van der Waals surface area contributed by atoms with Crippen LogP contribution in [-0.2, 0) is 5.75 Å². The minimum absolute atomic E-state index is 0.460. The second kappa shape index (κ2) is 7.36. The number of benzene rings is 1. The normalized spacial score (nSPS) is 14.0. The van der Waals surface area contributed by atoms with Gasteiger partial charge < -0.3 is 10.6 Å². The van der Waals surface area contributed by atoms with Crippen LogP contribution in [0.15, 0.2) is 34.5 Å². The number of nitrogens with two attached hydrogens (primary N) is 1. The van der Waals surface area contributed by atoms with E-state index in [1.54, 1.807) is 7.11 Å². The Balaban J connectivity index is 1.58. The molecular weight excluding hydrogens is 312 g/mol. The van der Waals surface area contributed by atoms with Crippen molar-refractivity contribution >= 4 is 23.4 Å². The highest BCUT2D eigenvalue weighted by Gasteiger charge is 2.12. The number of thioether (sulfide) groups is 1. The Morgan fingerprint density at radius 2 is 2.00 bits per heavy atom. The first kappa shape index (κ1) is 15.7. The van der Waals surface area contributed by atoms with Crippen LogP contribution in [0.1, 0.15) is 31.2 Å². The van der Waals surface area contributed by atoms with Gasteiger partial charge in [0.05, 0.1) is 7.11 Å². The number of methoxy groups -OCH3 is 1.